The van der Waals surface area contributed by atoms with Gasteiger partial charge in [-0.25, -0.2) is 8.37 Å². The average Bonchev–Trinajstić information content (AvgIpc) is 2.66. The molecule has 0 amide bonds. The quantitative estimate of drug-likeness (QED) is 0.226. The zero-order chi connectivity index (χ0) is 21.1. The van der Waals surface area contributed by atoms with Crippen molar-refractivity contribution in [1.82, 2.24) is 0 Å². The third kappa shape index (κ3) is 17.9. The van der Waals surface area contributed by atoms with Gasteiger partial charge in [0, 0.05) is 6.54 Å². The van der Waals surface area contributed by atoms with Crippen molar-refractivity contribution in [3.05, 3.63) is 0 Å². The highest BCUT2D eigenvalue weighted by molar-refractivity contribution is 7.81. The topological polar surface area (TPSA) is 78.6 Å². The van der Waals surface area contributed by atoms with E-state index in [0.29, 0.717) is 0 Å². The second-order valence-electron chi connectivity index (χ2n) is 8.18. The van der Waals surface area contributed by atoms with Crippen LogP contribution in [-0.4, -0.2) is 27.7 Å². The van der Waals surface area contributed by atoms with Gasteiger partial charge >= 0.3 is 10.4 Å². The van der Waals surface area contributed by atoms with Crippen molar-refractivity contribution in [2.75, 3.05) is 13.2 Å². The van der Waals surface area contributed by atoms with Gasteiger partial charge in [-0.05, 0) is 19.3 Å². The Hall–Kier alpha value is -0.170. The van der Waals surface area contributed by atoms with Crippen LogP contribution in [0.3, 0.4) is 0 Å². The highest BCUT2D eigenvalue weighted by Crippen LogP contribution is 2.19. The van der Waals surface area contributed by atoms with Gasteiger partial charge in [-0.15, -0.1) is 0 Å². The normalized spacial score (nSPS) is 14.3. The second kappa shape index (κ2) is 18.8. The minimum atomic E-state index is -3.93. The van der Waals surface area contributed by atoms with Gasteiger partial charge in [0.05, 0.1) is 12.7 Å². The molecule has 0 saturated heterocycles. The van der Waals surface area contributed by atoms with E-state index in [1.165, 1.54) is 83.5 Å². The van der Waals surface area contributed by atoms with Crippen molar-refractivity contribution >= 4 is 10.4 Å². The lowest BCUT2D eigenvalue weighted by Crippen LogP contribution is -2.25. The fourth-order valence-electron chi connectivity index (χ4n) is 3.35. The smallest absolute Gasteiger partial charge is 0.328 e. The maximum absolute atomic E-state index is 11.6. The summed E-state index contributed by atoms with van der Waals surface area (Å²) in [6.45, 7) is 6.21. The Morgan fingerprint density at radius 2 is 1.18 bits per heavy atom. The predicted octanol–water partition coefficient (Wildman–Crippen LogP) is 6.12. The minimum Gasteiger partial charge on any atom is -0.328 e. The molecule has 0 aromatic rings. The monoisotopic (exact) mass is 421 g/mol. The van der Waals surface area contributed by atoms with E-state index >= 15 is 0 Å². The molecule has 0 aromatic carbocycles. The van der Waals surface area contributed by atoms with Crippen LogP contribution in [0.4, 0.5) is 0 Å². The molecular formula is C22H47NO4S. The van der Waals surface area contributed by atoms with Crippen molar-refractivity contribution < 1.29 is 16.8 Å². The van der Waals surface area contributed by atoms with Crippen LogP contribution >= 0.6 is 0 Å². The Morgan fingerprint density at radius 1 is 0.750 bits per heavy atom. The molecular weight excluding hydrogens is 374 g/mol. The third-order valence-electron chi connectivity index (χ3n) is 5.43. The fourth-order valence-corrected chi connectivity index (χ4v) is 4.27. The number of hydrogen-bond donors (Lipinski definition) is 1. The number of nitrogens with two attached hydrogens (primary N) is 1. The van der Waals surface area contributed by atoms with Crippen LogP contribution in [0.25, 0.3) is 0 Å². The van der Waals surface area contributed by atoms with Crippen LogP contribution in [0.5, 0.6) is 0 Å². The lowest BCUT2D eigenvalue weighted by Gasteiger charge is -2.19. The van der Waals surface area contributed by atoms with Gasteiger partial charge in [0.15, 0.2) is 0 Å². The summed E-state index contributed by atoms with van der Waals surface area (Å²) >= 11 is 0. The summed E-state index contributed by atoms with van der Waals surface area (Å²) in [6, 6.07) is 0. The molecule has 0 rings (SSSR count). The Labute approximate surface area is 175 Å². The fraction of sp³-hybridized carbons (Fsp3) is 1.00. The van der Waals surface area contributed by atoms with E-state index in [4.69, 9.17) is 9.92 Å². The van der Waals surface area contributed by atoms with Gasteiger partial charge in [0.2, 0.25) is 0 Å². The Balaban J connectivity index is 3.48. The van der Waals surface area contributed by atoms with Gasteiger partial charge in [-0.1, -0.05) is 104 Å². The van der Waals surface area contributed by atoms with Gasteiger partial charge in [-0.3, -0.25) is 0 Å². The molecule has 0 aromatic heterocycles. The summed E-state index contributed by atoms with van der Waals surface area (Å²) < 4.78 is 32.9. The van der Waals surface area contributed by atoms with Gasteiger partial charge in [-0.2, -0.15) is 8.42 Å². The zero-order valence-corrected chi connectivity index (χ0v) is 19.6. The zero-order valence-electron chi connectivity index (χ0n) is 18.8. The molecule has 0 bridgehead atoms. The molecule has 0 saturated carbocycles. The molecule has 5 nitrogen and oxygen atoms in total. The first-order chi connectivity index (χ1) is 13.4. The van der Waals surface area contributed by atoms with Crippen LogP contribution in [0.1, 0.15) is 117 Å². The molecule has 28 heavy (non-hydrogen) atoms. The standard InChI is InChI=1S/C22H47NO4S/c1-4-5-6-7-8-9-10-11-12-13-14-15-16-17-18-21(2)22(3)27-28(24,25)26-20-19-23/h21-22H,4-20,23H2,1-3H3. The maximum atomic E-state index is 11.6. The number of rotatable bonds is 21. The summed E-state index contributed by atoms with van der Waals surface area (Å²) in [5.74, 6) is 0.188. The van der Waals surface area contributed by atoms with Crippen molar-refractivity contribution in [3.8, 4) is 0 Å². The first-order valence-electron chi connectivity index (χ1n) is 11.7. The predicted molar refractivity (Wildman–Crippen MR) is 119 cm³/mol. The molecule has 0 aliphatic rings. The Morgan fingerprint density at radius 3 is 1.61 bits per heavy atom. The summed E-state index contributed by atoms with van der Waals surface area (Å²) in [6.07, 6.45) is 19.4. The Kier molecular flexibility index (Phi) is 18.7. The van der Waals surface area contributed by atoms with Gasteiger partial charge in [0.25, 0.3) is 0 Å². The lowest BCUT2D eigenvalue weighted by molar-refractivity contribution is 0.125. The molecule has 0 heterocycles. The van der Waals surface area contributed by atoms with Crippen molar-refractivity contribution in [3.63, 3.8) is 0 Å². The van der Waals surface area contributed by atoms with Crippen molar-refractivity contribution in [2.45, 2.75) is 123 Å². The van der Waals surface area contributed by atoms with Crippen molar-refractivity contribution in [2.24, 2.45) is 11.7 Å². The van der Waals surface area contributed by atoms with Gasteiger partial charge < -0.3 is 5.73 Å². The number of hydrogen-bond acceptors (Lipinski definition) is 5. The van der Waals surface area contributed by atoms with Crippen LogP contribution in [0.15, 0.2) is 0 Å². The van der Waals surface area contributed by atoms with Crippen LogP contribution < -0.4 is 5.73 Å². The van der Waals surface area contributed by atoms with E-state index in [9.17, 15) is 8.42 Å². The van der Waals surface area contributed by atoms with Crippen LogP contribution in [0.2, 0.25) is 0 Å². The van der Waals surface area contributed by atoms with E-state index in [1.807, 2.05) is 6.92 Å². The minimum absolute atomic E-state index is 0.0393. The largest absolute Gasteiger partial charge is 0.400 e. The van der Waals surface area contributed by atoms with E-state index in [2.05, 4.69) is 11.1 Å². The molecule has 2 N–H and O–H groups in total. The molecule has 0 aliphatic carbocycles. The first kappa shape index (κ1) is 27.8. The van der Waals surface area contributed by atoms with E-state index in [-0.39, 0.29) is 25.2 Å². The van der Waals surface area contributed by atoms with Crippen LogP contribution in [0, 0.1) is 5.92 Å². The molecule has 170 valence electrons. The highest BCUT2D eigenvalue weighted by atomic mass is 32.3. The molecule has 0 spiro atoms. The van der Waals surface area contributed by atoms with E-state index < -0.39 is 10.4 Å². The maximum Gasteiger partial charge on any atom is 0.400 e. The SMILES string of the molecule is CCCCCCCCCCCCCCCCC(C)C(C)OS(=O)(=O)OCCN. The van der Waals surface area contributed by atoms with Crippen LogP contribution in [-0.2, 0) is 18.8 Å². The van der Waals surface area contributed by atoms with Crippen molar-refractivity contribution in [1.29, 1.82) is 0 Å². The lowest BCUT2D eigenvalue weighted by atomic mass is 9.97. The third-order valence-corrected chi connectivity index (χ3v) is 6.42. The molecule has 2 atom stereocenters. The Bertz CT molecular complexity index is 428. The number of unbranched alkanes of at least 4 members (excludes halogenated alkanes) is 13. The second-order valence-corrected chi connectivity index (χ2v) is 9.43. The summed E-state index contributed by atoms with van der Waals surface area (Å²) in [5.41, 5.74) is 5.25. The van der Waals surface area contributed by atoms with Gasteiger partial charge in [0.1, 0.15) is 0 Å². The van der Waals surface area contributed by atoms with E-state index in [0.717, 1.165) is 12.8 Å². The first-order valence-corrected chi connectivity index (χ1v) is 13.0. The molecule has 0 fully saturated rings. The average molecular weight is 422 g/mol. The highest BCUT2D eigenvalue weighted by Gasteiger charge is 2.21. The molecule has 0 aliphatic heterocycles. The summed E-state index contributed by atoms with van der Waals surface area (Å²) in [5, 5.41) is 0. The molecule has 0 radical (unpaired) electrons. The summed E-state index contributed by atoms with van der Waals surface area (Å²) in [4.78, 5) is 0. The molecule has 2 unspecified atom stereocenters. The van der Waals surface area contributed by atoms with E-state index in [1.54, 1.807) is 6.92 Å². The summed E-state index contributed by atoms with van der Waals surface area (Å²) in [7, 11) is -3.93. The molecule has 6 heteroatoms.